The normalized spacial score (nSPS) is 10.5. The highest BCUT2D eigenvalue weighted by Crippen LogP contribution is 2.28. The summed E-state index contributed by atoms with van der Waals surface area (Å²) in [6.45, 7) is 2.22. The number of hydrogen-bond acceptors (Lipinski definition) is 2. The first-order valence-electron chi connectivity index (χ1n) is 5.75. The van der Waals surface area contributed by atoms with Crippen LogP contribution in [-0.4, -0.2) is 0 Å². The molecule has 0 spiro atoms. The van der Waals surface area contributed by atoms with Crippen LogP contribution in [0.15, 0.2) is 23.6 Å². The fourth-order valence-electron chi connectivity index (χ4n) is 1.91. The summed E-state index contributed by atoms with van der Waals surface area (Å²) in [6.07, 6.45) is 4.93. The maximum Gasteiger partial charge on any atom is 0.0991 e. The van der Waals surface area contributed by atoms with E-state index < -0.39 is 0 Å². The molecule has 0 aliphatic rings. The number of hydrogen-bond donors (Lipinski definition) is 0. The van der Waals surface area contributed by atoms with Crippen molar-refractivity contribution in [1.82, 2.24) is 0 Å². The molecule has 0 unspecified atom stereocenters. The van der Waals surface area contributed by atoms with E-state index in [1.54, 1.807) is 11.3 Å². The van der Waals surface area contributed by atoms with E-state index in [4.69, 9.17) is 5.26 Å². The molecule has 1 nitrogen and oxygen atoms in total. The summed E-state index contributed by atoms with van der Waals surface area (Å²) < 4.78 is 1.30. The molecule has 2 aromatic rings. The van der Waals surface area contributed by atoms with Crippen LogP contribution in [0.2, 0.25) is 0 Å². The Morgan fingerprint density at radius 2 is 2.19 bits per heavy atom. The second kappa shape index (κ2) is 5.14. The lowest BCUT2D eigenvalue weighted by atomic mass is 10.0. The number of nitriles is 1. The van der Waals surface area contributed by atoms with Crippen molar-refractivity contribution in [3.05, 3.63) is 34.7 Å². The molecule has 1 heterocycles. The van der Waals surface area contributed by atoms with E-state index in [-0.39, 0.29) is 0 Å². The van der Waals surface area contributed by atoms with Crippen molar-refractivity contribution in [2.45, 2.75) is 32.6 Å². The Morgan fingerprint density at radius 1 is 1.31 bits per heavy atom. The molecule has 0 aliphatic carbocycles. The zero-order valence-electron chi connectivity index (χ0n) is 9.49. The molecular formula is C14H15NS. The lowest BCUT2D eigenvalue weighted by Crippen LogP contribution is -1.83. The first-order valence-corrected chi connectivity index (χ1v) is 6.63. The number of unbranched alkanes of at least 4 members (excludes halogenated alkanes) is 2. The van der Waals surface area contributed by atoms with Crippen molar-refractivity contribution < 1.29 is 0 Å². The van der Waals surface area contributed by atoms with Crippen molar-refractivity contribution in [2.75, 3.05) is 0 Å². The molecule has 82 valence electrons. The summed E-state index contributed by atoms with van der Waals surface area (Å²) >= 11 is 1.78. The molecule has 1 aromatic carbocycles. The lowest BCUT2D eigenvalue weighted by molar-refractivity contribution is 0.720. The Kier molecular flexibility index (Phi) is 3.58. The average Bonchev–Trinajstić information content (AvgIpc) is 2.72. The van der Waals surface area contributed by atoms with Gasteiger partial charge in [-0.1, -0.05) is 19.8 Å². The van der Waals surface area contributed by atoms with Crippen LogP contribution in [-0.2, 0) is 6.42 Å². The SMILES string of the molecule is CCCCCc1csc2ccc(C#N)cc12. The molecule has 0 N–H and O–H groups in total. The average molecular weight is 229 g/mol. The van der Waals surface area contributed by atoms with E-state index in [1.807, 2.05) is 12.1 Å². The van der Waals surface area contributed by atoms with E-state index in [0.717, 1.165) is 12.0 Å². The smallest absolute Gasteiger partial charge is 0.0991 e. The summed E-state index contributed by atoms with van der Waals surface area (Å²) in [4.78, 5) is 0. The number of aryl methyl sites for hydroxylation is 1. The number of fused-ring (bicyclic) bond motifs is 1. The van der Waals surface area contributed by atoms with Gasteiger partial charge < -0.3 is 0 Å². The Labute approximate surface area is 100 Å². The monoisotopic (exact) mass is 229 g/mol. The Morgan fingerprint density at radius 3 is 2.94 bits per heavy atom. The van der Waals surface area contributed by atoms with Crippen LogP contribution in [0.4, 0.5) is 0 Å². The molecule has 0 saturated heterocycles. The van der Waals surface area contributed by atoms with Crippen molar-refractivity contribution >= 4 is 21.4 Å². The van der Waals surface area contributed by atoms with Gasteiger partial charge in [0.2, 0.25) is 0 Å². The fourth-order valence-corrected chi connectivity index (χ4v) is 2.89. The van der Waals surface area contributed by atoms with Crippen LogP contribution in [0.1, 0.15) is 37.3 Å². The van der Waals surface area contributed by atoms with Gasteiger partial charge in [0, 0.05) is 4.70 Å². The highest BCUT2D eigenvalue weighted by Gasteiger charge is 2.04. The van der Waals surface area contributed by atoms with Gasteiger partial charge in [-0.2, -0.15) is 5.26 Å². The highest BCUT2D eigenvalue weighted by molar-refractivity contribution is 7.17. The lowest BCUT2D eigenvalue weighted by Gasteiger charge is -1.99. The minimum absolute atomic E-state index is 0.766. The van der Waals surface area contributed by atoms with Gasteiger partial charge >= 0.3 is 0 Å². The topological polar surface area (TPSA) is 23.8 Å². The minimum atomic E-state index is 0.766. The van der Waals surface area contributed by atoms with Gasteiger partial charge in [-0.15, -0.1) is 11.3 Å². The maximum atomic E-state index is 8.89. The van der Waals surface area contributed by atoms with E-state index >= 15 is 0 Å². The van der Waals surface area contributed by atoms with Gasteiger partial charge in [0.1, 0.15) is 0 Å². The number of nitrogens with zero attached hydrogens (tertiary/aromatic N) is 1. The molecule has 0 aliphatic heterocycles. The Balaban J connectivity index is 2.28. The van der Waals surface area contributed by atoms with Gasteiger partial charge in [0.05, 0.1) is 11.6 Å². The Bertz CT molecular complexity index is 519. The first-order chi connectivity index (χ1) is 7.85. The molecule has 16 heavy (non-hydrogen) atoms. The Hall–Kier alpha value is -1.33. The predicted molar refractivity (Wildman–Crippen MR) is 69.8 cm³/mol. The minimum Gasteiger partial charge on any atom is -0.192 e. The summed E-state index contributed by atoms with van der Waals surface area (Å²) in [5.74, 6) is 0. The van der Waals surface area contributed by atoms with Crippen LogP contribution in [0.25, 0.3) is 10.1 Å². The van der Waals surface area contributed by atoms with E-state index in [0.29, 0.717) is 0 Å². The molecule has 0 atom stereocenters. The first kappa shape index (κ1) is 11.2. The van der Waals surface area contributed by atoms with Crippen molar-refractivity contribution in [3.63, 3.8) is 0 Å². The molecule has 2 heteroatoms. The zero-order valence-corrected chi connectivity index (χ0v) is 10.3. The molecule has 0 saturated carbocycles. The molecule has 2 rings (SSSR count). The van der Waals surface area contributed by atoms with Gasteiger partial charge in [0.15, 0.2) is 0 Å². The molecule has 0 fully saturated rings. The van der Waals surface area contributed by atoms with Crippen LogP contribution < -0.4 is 0 Å². The molecule has 0 bridgehead atoms. The van der Waals surface area contributed by atoms with Crippen LogP contribution >= 0.6 is 11.3 Å². The zero-order chi connectivity index (χ0) is 11.4. The summed E-state index contributed by atoms with van der Waals surface area (Å²) in [5, 5.41) is 12.4. The summed E-state index contributed by atoms with van der Waals surface area (Å²) in [6, 6.07) is 8.18. The molecule has 0 amide bonds. The van der Waals surface area contributed by atoms with E-state index in [2.05, 4.69) is 24.4 Å². The van der Waals surface area contributed by atoms with Gasteiger partial charge in [0.25, 0.3) is 0 Å². The second-order valence-electron chi connectivity index (χ2n) is 4.04. The summed E-state index contributed by atoms with van der Waals surface area (Å²) in [5.41, 5.74) is 2.17. The third-order valence-electron chi connectivity index (χ3n) is 2.83. The van der Waals surface area contributed by atoms with Crippen LogP contribution in [0.3, 0.4) is 0 Å². The standard InChI is InChI=1S/C14H15NS/c1-2-3-4-5-12-10-16-14-7-6-11(9-15)8-13(12)14/h6-8,10H,2-5H2,1H3. The molecule has 1 aromatic heterocycles. The van der Waals surface area contributed by atoms with Gasteiger partial charge in [-0.05, 0) is 47.4 Å². The van der Waals surface area contributed by atoms with Crippen LogP contribution in [0, 0.1) is 11.3 Å². The van der Waals surface area contributed by atoms with Gasteiger partial charge in [-0.25, -0.2) is 0 Å². The summed E-state index contributed by atoms with van der Waals surface area (Å²) in [7, 11) is 0. The van der Waals surface area contributed by atoms with Crippen molar-refractivity contribution in [2.24, 2.45) is 0 Å². The molecule has 0 radical (unpaired) electrons. The quantitative estimate of drug-likeness (QED) is 0.708. The number of benzene rings is 1. The van der Waals surface area contributed by atoms with E-state index in [9.17, 15) is 0 Å². The number of rotatable bonds is 4. The number of thiophene rings is 1. The molecular weight excluding hydrogens is 214 g/mol. The third-order valence-corrected chi connectivity index (χ3v) is 3.84. The predicted octanol–water partition coefficient (Wildman–Crippen LogP) is 4.51. The van der Waals surface area contributed by atoms with Gasteiger partial charge in [-0.3, -0.25) is 0 Å². The largest absolute Gasteiger partial charge is 0.192 e. The fraction of sp³-hybridized carbons (Fsp3) is 0.357. The highest BCUT2D eigenvalue weighted by atomic mass is 32.1. The van der Waals surface area contributed by atoms with Crippen LogP contribution in [0.5, 0.6) is 0 Å². The third kappa shape index (κ3) is 2.25. The van der Waals surface area contributed by atoms with Crippen molar-refractivity contribution in [3.8, 4) is 6.07 Å². The second-order valence-corrected chi connectivity index (χ2v) is 4.95. The van der Waals surface area contributed by atoms with Crippen molar-refractivity contribution in [1.29, 1.82) is 5.26 Å². The van der Waals surface area contributed by atoms with E-state index in [1.165, 1.54) is 34.9 Å². The maximum absolute atomic E-state index is 8.89.